The molecule has 0 radical (unpaired) electrons. The molecule has 3 rings (SSSR count). The molecule has 0 bridgehead atoms. The summed E-state index contributed by atoms with van der Waals surface area (Å²) >= 11 is 0. The van der Waals surface area contributed by atoms with E-state index in [2.05, 4.69) is 0 Å². The molecule has 0 fully saturated rings. The molecule has 110 valence electrons. The van der Waals surface area contributed by atoms with Gasteiger partial charge in [0.1, 0.15) is 5.92 Å². The maximum atomic E-state index is 13.3. The lowest BCUT2D eigenvalue weighted by Crippen LogP contribution is -2.23. The fourth-order valence-corrected chi connectivity index (χ4v) is 2.85. The first-order valence-electron chi connectivity index (χ1n) is 6.07. The second-order valence-electron chi connectivity index (χ2n) is 4.83. The fourth-order valence-electron chi connectivity index (χ4n) is 2.85. The topological polar surface area (TPSA) is 0 Å². The van der Waals surface area contributed by atoms with Crippen molar-refractivity contribution in [3.05, 3.63) is 59.2 Å². The second kappa shape index (κ2) is 4.26. The molecule has 0 saturated carbocycles. The second-order valence-corrected chi connectivity index (χ2v) is 4.83. The van der Waals surface area contributed by atoms with Crippen molar-refractivity contribution in [1.82, 2.24) is 0 Å². The molecule has 1 unspecified atom stereocenters. The number of halogens is 6. The van der Waals surface area contributed by atoms with Gasteiger partial charge in [0.25, 0.3) is 0 Å². The van der Waals surface area contributed by atoms with Gasteiger partial charge in [0.2, 0.25) is 0 Å². The molecular formula is C15H8F6. The van der Waals surface area contributed by atoms with Gasteiger partial charge in [0, 0.05) is 0 Å². The van der Waals surface area contributed by atoms with Gasteiger partial charge in [-0.25, -0.2) is 0 Å². The third-order valence-electron chi connectivity index (χ3n) is 3.59. The van der Waals surface area contributed by atoms with Crippen molar-refractivity contribution in [2.24, 2.45) is 0 Å². The van der Waals surface area contributed by atoms with Gasteiger partial charge in [0.05, 0.1) is 5.56 Å². The molecular weight excluding hydrogens is 294 g/mol. The molecule has 0 aromatic heterocycles. The Bertz CT molecular complexity index is 696. The molecule has 1 atom stereocenters. The quantitative estimate of drug-likeness (QED) is 0.573. The lowest BCUT2D eigenvalue weighted by atomic mass is 9.92. The van der Waals surface area contributed by atoms with Crippen LogP contribution in [0.2, 0.25) is 0 Å². The number of hydrogen-bond donors (Lipinski definition) is 0. The molecule has 0 N–H and O–H groups in total. The molecule has 0 amide bonds. The maximum absolute atomic E-state index is 13.3. The molecule has 1 aliphatic carbocycles. The van der Waals surface area contributed by atoms with Crippen molar-refractivity contribution in [2.45, 2.75) is 18.3 Å². The molecule has 0 spiro atoms. The zero-order valence-electron chi connectivity index (χ0n) is 10.4. The molecule has 0 saturated heterocycles. The highest BCUT2D eigenvalue weighted by molar-refractivity contribution is 5.80. The molecule has 6 heteroatoms. The molecule has 2 aromatic carbocycles. The maximum Gasteiger partial charge on any atom is 0.416 e. The minimum atomic E-state index is -4.82. The van der Waals surface area contributed by atoms with Crippen LogP contribution in [0, 0.1) is 0 Å². The minimum absolute atomic E-state index is 0.00255. The number of fused-ring (bicyclic) bond motifs is 3. The predicted molar refractivity (Wildman–Crippen MR) is 64.8 cm³/mol. The van der Waals surface area contributed by atoms with E-state index in [1.807, 2.05) is 0 Å². The van der Waals surface area contributed by atoms with Gasteiger partial charge in [-0.15, -0.1) is 0 Å². The zero-order chi connectivity index (χ0) is 15.4. The summed E-state index contributed by atoms with van der Waals surface area (Å²) in [6.07, 6.45) is -9.60. The van der Waals surface area contributed by atoms with Crippen LogP contribution in [-0.2, 0) is 6.18 Å². The number of rotatable bonds is 0. The standard InChI is InChI=1S/C15H8F6/c16-14(17,18)11-7-3-6-9-8-4-1-2-5-10(8)13(12(9)11)15(19,20)21/h1-7,13H. The summed E-state index contributed by atoms with van der Waals surface area (Å²) in [6, 6.07) is 8.70. The van der Waals surface area contributed by atoms with E-state index < -0.39 is 29.4 Å². The van der Waals surface area contributed by atoms with Gasteiger partial charge in [-0.05, 0) is 28.3 Å². The minimum Gasteiger partial charge on any atom is -0.170 e. The van der Waals surface area contributed by atoms with E-state index >= 15 is 0 Å². The summed E-state index contributed by atoms with van der Waals surface area (Å²) in [6.45, 7) is 0. The highest BCUT2D eigenvalue weighted by atomic mass is 19.4. The van der Waals surface area contributed by atoms with Gasteiger partial charge < -0.3 is 0 Å². The van der Waals surface area contributed by atoms with Crippen molar-refractivity contribution in [3.8, 4) is 11.1 Å². The summed E-state index contributed by atoms with van der Waals surface area (Å²) in [4.78, 5) is 0. The van der Waals surface area contributed by atoms with Crippen molar-refractivity contribution in [1.29, 1.82) is 0 Å². The lowest BCUT2D eigenvalue weighted by Gasteiger charge is -2.21. The van der Waals surface area contributed by atoms with Crippen LogP contribution in [0.5, 0.6) is 0 Å². The van der Waals surface area contributed by atoms with Crippen LogP contribution in [0.4, 0.5) is 26.3 Å². The Morgan fingerprint density at radius 2 is 1.33 bits per heavy atom. The first kappa shape index (κ1) is 14.0. The van der Waals surface area contributed by atoms with Crippen LogP contribution in [0.1, 0.15) is 22.6 Å². The number of hydrogen-bond acceptors (Lipinski definition) is 0. The van der Waals surface area contributed by atoms with E-state index in [1.54, 1.807) is 0 Å². The Morgan fingerprint density at radius 1 is 0.714 bits per heavy atom. The van der Waals surface area contributed by atoms with E-state index in [0.29, 0.717) is 6.07 Å². The third-order valence-corrected chi connectivity index (χ3v) is 3.59. The van der Waals surface area contributed by atoms with Gasteiger partial charge in [-0.2, -0.15) is 26.3 Å². The Kier molecular flexibility index (Phi) is 2.83. The first-order chi connectivity index (χ1) is 9.71. The molecule has 0 aliphatic heterocycles. The van der Waals surface area contributed by atoms with Crippen LogP contribution in [-0.4, -0.2) is 6.18 Å². The number of alkyl halides is 6. The van der Waals surface area contributed by atoms with Crippen molar-refractivity contribution < 1.29 is 26.3 Å². The van der Waals surface area contributed by atoms with Crippen LogP contribution >= 0.6 is 0 Å². The van der Waals surface area contributed by atoms with Crippen molar-refractivity contribution in [3.63, 3.8) is 0 Å². The largest absolute Gasteiger partial charge is 0.416 e. The summed E-state index contributed by atoms with van der Waals surface area (Å²) in [5.41, 5.74) is -1.84. The Morgan fingerprint density at radius 3 is 1.95 bits per heavy atom. The summed E-state index contributed by atoms with van der Waals surface area (Å²) in [7, 11) is 0. The smallest absolute Gasteiger partial charge is 0.170 e. The highest BCUT2D eigenvalue weighted by Crippen LogP contribution is 2.55. The molecule has 2 aromatic rings. The molecule has 0 nitrogen and oxygen atoms in total. The van der Waals surface area contributed by atoms with Gasteiger partial charge >= 0.3 is 12.4 Å². The van der Waals surface area contributed by atoms with Crippen LogP contribution < -0.4 is 0 Å². The van der Waals surface area contributed by atoms with Gasteiger partial charge in [-0.3, -0.25) is 0 Å². The van der Waals surface area contributed by atoms with Crippen molar-refractivity contribution >= 4 is 0 Å². The average Bonchev–Trinajstić information content (AvgIpc) is 2.71. The van der Waals surface area contributed by atoms with Crippen LogP contribution in [0.3, 0.4) is 0 Å². The monoisotopic (exact) mass is 302 g/mol. The van der Waals surface area contributed by atoms with Gasteiger partial charge in [0.15, 0.2) is 0 Å². The lowest BCUT2D eigenvalue weighted by molar-refractivity contribution is -0.149. The SMILES string of the molecule is FC(F)(F)c1cccc2c1C(C(F)(F)F)c1ccccc1-2. The van der Waals surface area contributed by atoms with Crippen LogP contribution in [0.25, 0.3) is 11.1 Å². The third kappa shape index (κ3) is 2.09. The van der Waals surface area contributed by atoms with E-state index in [-0.39, 0.29) is 16.7 Å². The van der Waals surface area contributed by atoms with Crippen LogP contribution in [0.15, 0.2) is 42.5 Å². The van der Waals surface area contributed by atoms with Gasteiger partial charge in [-0.1, -0.05) is 36.4 Å². The average molecular weight is 302 g/mol. The Hall–Kier alpha value is -1.98. The number of benzene rings is 2. The molecule has 0 heterocycles. The predicted octanol–water partition coefficient (Wildman–Crippen LogP) is 5.38. The summed E-state index contributed by atoms with van der Waals surface area (Å²) in [5, 5.41) is 0. The normalized spacial score (nSPS) is 17.5. The summed E-state index contributed by atoms with van der Waals surface area (Å²) in [5.74, 6) is -2.23. The fraction of sp³-hybridized carbons (Fsp3) is 0.200. The van der Waals surface area contributed by atoms with E-state index in [1.165, 1.54) is 30.3 Å². The molecule has 1 aliphatic rings. The Labute approximate surface area is 116 Å². The van der Waals surface area contributed by atoms with E-state index in [9.17, 15) is 26.3 Å². The first-order valence-corrected chi connectivity index (χ1v) is 6.07. The zero-order valence-corrected chi connectivity index (χ0v) is 10.4. The molecule has 21 heavy (non-hydrogen) atoms. The van der Waals surface area contributed by atoms with Crippen molar-refractivity contribution in [2.75, 3.05) is 0 Å². The van der Waals surface area contributed by atoms with E-state index in [4.69, 9.17) is 0 Å². The summed E-state index contributed by atoms with van der Waals surface area (Å²) < 4.78 is 79.1. The highest BCUT2D eigenvalue weighted by Gasteiger charge is 2.51. The Balaban J connectivity index is 2.37. The van der Waals surface area contributed by atoms with E-state index in [0.717, 1.165) is 6.07 Å².